The van der Waals surface area contributed by atoms with Gasteiger partial charge in [-0.1, -0.05) is 30.0 Å². The molecular formula is C17H19NO5S2. The van der Waals surface area contributed by atoms with Crippen LogP contribution in [0, 0.1) is 0 Å². The van der Waals surface area contributed by atoms with Gasteiger partial charge in [0.05, 0.1) is 18.6 Å². The van der Waals surface area contributed by atoms with Crippen molar-refractivity contribution in [1.29, 1.82) is 0 Å². The first-order valence-corrected chi connectivity index (χ1v) is 8.94. The highest BCUT2D eigenvalue weighted by Gasteiger charge is 2.30. The van der Waals surface area contributed by atoms with Crippen molar-refractivity contribution in [3.8, 4) is 11.5 Å². The van der Waals surface area contributed by atoms with Crippen LogP contribution in [0.3, 0.4) is 0 Å². The molecule has 0 radical (unpaired) electrons. The summed E-state index contributed by atoms with van der Waals surface area (Å²) in [7, 11) is 1.51. The van der Waals surface area contributed by atoms with Gasteiger partial charge in [-0.15, -0.1) is 0 Å². The van der Waals surface area contributed by atoms with Gasteiger partial charge in [0.1, 0.15) is 4.32 Å². The number of likely N-dealkylation sites (N-methyl/N-ethyl adjacent to an activating group) is 1. The van der Waals surface area contributed by atoms with Crippen LogP contribution in [0.25, 0.3) is 6.08 Å². The van der Waals surface area contributed by atoms with E-state index in [9.17, 15) is 9.59 Å². The third-order valence-corrected chi connectivity index (χ3v) is 4.70. The van der Waals surface area contributed by atoms with Gasteiger partial charge in [-0.2, -0.15) is 0 Å². The van der Waals surface area contributed by atoms with E-state index >= 15 is 0 Å². The zero-order valence-corrected chi connectivity index (χ0v) is 15.9. The molecule has 0 N–H and O–H groups in total. The van der Waals surface area contributed by atoms with Crippen LogP contribution in [0.4, 0.5) is 0 Å². The van der Waals surface area contributed by atoms with E-state index in [1.807, 2.05) is 6.92 Å². The van der Waals surface area contributed by atoms with Crippen molar-refractivity contribution in [2.24, 2.45) is 0 Å². The number of esters is 1. The molecule has 1 aromatic rings. The average Bonchev–Trinajstić information content (AvgIpc) is 2.86. The second kappa shape index (κ2) is 8.87. The summed E-state index contributed by atoms with van der Waals surface area (Å²) in [6, 6.07) is 5.22. The van der Waals surface area contributed by atoms with Gasteiger partial charge in [-0.05, 0) is 37.6 Å². The molecule has 1 saturated heterocycles. The van der Waals surface area contributed by atoms with Crippen molar-refractivity contribution < 1.29 is 23.8 Å². The minimum atomic E-state index is -0.459. The van der Waals surface area contributed by atoms with Crippen molar-refractivity contribution in [3.63, 3.8) is 0 Å². The lowest BCUT2D eigenvalue weighted by Crippen LogP contribution is -2.27. The van der Waals surface area contributed by atoms with Crippen LogP contribution in [0.2, 0.25) is 0 Å². The molecule has 0 atom stereocenters. The predicted molar refractivity (Wildman–Crippen MR) is 101 cm³/mol. The first-order chi connectivity index (χ1) is 12.0. The molecule has 1 aromatic carbocycles. The van der Waals surface area contributed by atoms with Gasteiger partial charge >= 0.3 is 5.97 Å². The molecular weight excluding hydrogens is 362 g/mol. The van der Waals surface area contributed by atoms with Gasteiger partial charge in [-0.3, -0.25) is 9.69 Å². The minimum absolute atomic E-state index is 0.109. The third kappa shape index (κ3) is 4.73. The highest BCUT2D eigenvalue weighted by molar-refractivity contribution is 8.26. The normalized spacial score (nSPS) is 15.6. The maximum absolute atomic E-state index is 12.3. The largest absolute Gasteiger partial charge is 0.493 e. The summed E-state index contributed by atoms with van der Waals surface area (Å²) in [5.74, 6) is 0.318. The lowest BCUT2D eigenvalue weighted by Gasteiger charge is -2.11. The Bertz CT molecular complexity index is 717. The second-order valence-corrected chi connectivity index (χ2v) is 6.61. The number of amides is 1. The fourth-order valence-electron chi connectivity index (χ4n) is 2.16. The fourth-order valence-corrected chi connectivity index (χ4v) is 3.54. The van der Waals surface area contributed by atoms with E-state index in [1.165, 1.54) is 18.9 Å². The van der Waals surface area contributed by atoms with Gasteiger partial charge in [-0.25, -0.2) is 4.79 Å². The van der Waals surface area contributed by atoms with Crippen molar-refractivity contribution >= 4 is 46.3 Å². The Morgan fingerprint density at radius 3 is 2.68 bits per heavy atom. The molecule has 1 fully saturated rings. The minimum Gasteiger partial charge on any atom is -0.493 e. The number of benzene rings is 1. The van der Waals surface area contributed by atoms with Crippen LogP contribution in [0.5, 0.6) is 11.5 Å². The quantitative estimate of drug-likeness (QED) is 0.409. The SMILES string of the molecule is CCOC(=O)COc1cc(/C=C2/SC(=S)N(CC)C2=O)ccc1OC. The molecule has 134 valence electrons. The molecule has 0 unspecified atom stereocenters. The van der Waals surface area contributed by atoms with Crippen molar-refractivity contribution in [2.45, 2.75) is 13.8 Å². The summed E-state index contributed by atoms with van der Waals surface area (Å²) >= 11 is 6.47. The van der Waals surface area contributed by atoms with Crippen LogP contribution < -0.4 is 9.47 Å². The smallest absolute Gasteiger partial charge is 0.344 e. The Hall–Kier alpha value is -2.06. The molecule has 1 amide bonds. The van der Waals surface area contributed by atoms with E-state index in [0.717, 1.165) is 5.56 Å². The Morgan fingerprint density at radius 2 is 2.08 bits per heavy atom. The number of thiocarbonyl (C=S) groups is 1. The second-order valence-electron chi connectivity index (χ2n) is 4.93. The van der Waals surface area contributed by atoms with Gasteiger partial charge in [0.2, 0.25) is 0 Å². The van der Waals surface area contributed by atoms with Crippen LogP contribution in [0.1, 0.15) is 19.4 Å². The molecule has 2 rings (SSSR count). The van der Waals surface area contributed by atoms with E-state index in [2.05, 4.69) is 0 Å². The average molecular weight is 381 g/mol. The standard InChI is InChI=1S/C17H19NO5S2/c1-4-18-16(20)14(25-17(18)24)9-11-6-7-12(21-3)13(8-11)23-10-15(19)22-5-2/h6-9H,4-5,10H2,1-3H3/b14-9+. The van der Waals surface area contributed by atoms with Crippen LogP contribution >= 0.6 is 24.0 Å². The number of methoxy groups -OCH3 is 1. The maximum atomic E-state index is 12.3. The molecule has 1 heterocycles. The third-order valence-electron chi connectivity index (χ3n) is 3.33. The zero-order chi connectivity index (χ0) is 18.4. The number of rotatable bonds is 7. The summed E-state index contributed by atoms with van der Waals surface area (Å²) in [5, 5.41) is 0. The Kier molecular flexibility index (Phi) is 6.83. The fraction of sp³-hybridized carbons (Fsp3) is 0.353. The lowest BCUT2D eigenvalue weighted by atomic mass is 10.2. The molecule has 6 nitrogen and oxygen atoms in total. The Labute approximate surface area is 156 Å². The molecule has 0 spiro atoms. The molecule has 0 bridgehead atoms. The van der Waals surface area contributed by atoms with Crippen LogP contribution in [0.15, 0.2) is 23.1 Å². The van der Waals surface area contributed by atoms with Gasteiger partial charge < -0.3 is 14.2 Å². The number of hydrogen-bond donors (Lipinski definition) is 0. The molecule has 1 aliphatic heterocycles. The Morgan fingerprint density at radius 1 is 1.32 bits per heavy atom. The number of thioether (sulfide) groups is 1. The number of carbonyl (C=O) groups excluding carboxylic acids is 2. The summed E-state index contributed by atoms with van der Waals surface area (Å²) < 4.78 is 16.1. The summed E-state index contributed by atoms with van der Waals surface area (Å²) in [6.07, 6.45) is 1.74. The van der Waals surface area contributed by atoms with Crippen molar-refractivity contribution in [1.82, 2.24) is 4.90 Å². The van der Waals surface area contributed by atoms with Crippen molar-refractivity contribution in [3.05, 3.63) is 28.7 Å². The van der Waals surface area contributed by atoms with E-state index < -0.39 is 5.97 Å². The molecule has 8 heteroatoms. The summed E-state index contributed by atoms with van der Waals surface area (Å²) in [6.45, 7) is 4.22. The van der Waals surface area contributed by atoms with E-state index in [1.54, 1.807) is 36.1 Å². The predicted octanol–water partition coefficient (Wildman–Crippen LogP) is 2.86. The van der Waals surface area contributed by atoms with E-state index in [4.69, 9.17) is 26.4 Å². The van der Waals surface area contributed by atoms with Crippen LogP contribution in [-0.2, 0) is 14.3 Å². The monoisotopic (exact) mass is 381 g/mol. The van der Waals surface area contributed by atoms with Gasteiger partial charge in [0, 0.05) is 6.54 Å². The van der Waals surface area contributed by atoms with Crippen molar-refractivity contribution in [2.75, 3.05) is 26.9 Å². The topological polar surface area (TPSA) is 65.1 Å². The summed E-state index contributed by atoms with van der Waals surface area (Å²) in [5.41, 5.74) is 0.747. The van der Waals surface area contributed by atoms with Gasteiger partial charge in [0.15, 0.2) is 18.1 Å². The number of carbonyl (C=O) groups is 2. The highest BCUT2D eigenvalue weighted by Crippen LogP contribution is 2.34. The number of ether oxygens (including phenoxy) is 3. The molecule has 0 aromatic heterocycles. The highest BCUT2D eigenvalue weighted by atomic mass is 32.2. The van der Waals surface area contributed by atoms with Gasteiger partial charge in [0.25, 0.3) is 5.91 Å². The molecule has 0 saturated carbocycles. The van der Waals surface area contributed by atoms with Crippen LogP contribution in [-0.4, -0.2) is 48.0 Å². The summed E-state index contributed by atoms with van der Waals surface area (Å²) in [4.78, 5) is 25.8. The first-order valence-electron chi connectivity index (χ1n) is 7.72. The first kappa shape index (κ1) is 19.3. The molecule has 0 aliphatic carbocycles. The number of hydrogen-bond acceptors (Lipinski definition) is 7. The maximum Gasteiger partial charge on any atom is 0.344 e. The van der Waals surface area contributed by atoms with E-state index in [0.29, 0.717) is 33.9 Å². The Balaban J connectivity index is 2.21. The molecule has 25 heavy (non-hydrogen) atoms. The molecule has 1 aliphatic rings. The van der Waals surface area contributed by atoms with E-state index in [-0.39, 0.29) is 12.5 Å². The lowest BCUT2D eigenvalue weighted by molar-refractivity contribution is -0.145. The number of nitrogens with zero attached hydrogens (tertiary/aromatic N) is 1. The zero-order valence-electron chi connectivity index (χ0n) is 14.2.